The van der Waals surface area contributed by atoms with Crippen LogP contribution in [0.4, 0.5) is 0 Å². The Hall–Kier alpha value is -1.60. The lowest BCUT2D eigenvalue weighted by atomic mass is 9.59. The Labute approximate surface area is 127 Å². The lowest BCUT2D eigenvalue weighted by molar-refractivity contribution is 0.0263. The van der Waals surface area contributed by atoms with Gasteiger partial charge in [-0.05, 0) is 61.4 Å². The Morgan fingerprint density at radius 1 is 0.905 bits per heavy atom. The molecule has 1 atom stereocenters. The topological polar surface area (TPSA) is 20.2 Å². The van der Waals surface area contributed by atoms with Crippen molar-refractivity contribution in [2.24, 2.45) is 0 Å². The number of aliphatic hydroxyl groups is 1. The minimum Gasteiger partial charge on any atom is -0.387 e. The van der Waals surface area contributed by atoms with Gasteiger partial charge in [0.1, 0.15) is 0 Å². The summed E-state index contributed by atoms with van der Waals surface area (Å²) < 4.78 is 0. The zero-order valence-corrected chi connectivity index (χ0v) is 13.2. The van der Waals surface area contributed by atoms with Crippen LogP contribution in [0.1, 0.15) is 53.2 Å². The summed E-state index contributed by atoms with van der Waals surface area (Å²) >= 11 is 0. The molecule has 1 unspecified atom stereocenters. The van der Waals surface area contributed by atoms with Crippen molar-refractivity contribution in [3.05, 3.63) is 70.3 Å². The third-order valence-corrected chi connectivity index (χ3v) is 5.29. The molecule has 1 aliphatic carbocycles. The van der Waals surface area contributed by atoms with E-state index in [1.54, 1.807) is 0 Å². The smallest absolute Gasteiger partial charge is 0.0889 e. The van der Waals surface area contributed by atoms with E-state index < -0.39 is 6.10 Å². The summed E-state index contributed by atoms with van der Waals surface area (Å²) in [4.78, 5) is 0. The zero-order chi connectivity index (χ0) is 15.0. The normalized spacial score (nSPS) is 18.1. The van der Waals surface area contributed by atoms with Crippen molar-refractivity contribution in [2.75, 3.05) is 0 Å². The standard InChI is InChI=1S/C20H24O/c1-14-12-16(3)18(13-15(14)2)19(21)20(10-7-11-20)17-8-5-4-6-9-17/h4-6,8-9,12-13,19,21H,7,10-11H2,1-3H3. The number of hydrogen-bond donors (Lipinski definition) is 1. The number of hydrogen-bond acceptors (Lipinski definition) is 1. The molecule has 0 radical (unpaired) electrons. The van der Waals surface area contributed by atoms with Gasteiger partial charge in [-0.3, -0.25) is 0 Å². The van der Waals surface area contributed by atoms with E-state index in [9.17, 15) is 5.11 Å². The van der Waals surface area contributed by atoms with E-state index in [1.165, 1.54) is 28.7 Å². The Morgan fingerprint density at radius 3 is 2.10 bits per heavy atom. The van der Waals surface area contributed by atoms with Gasteiger partial charge < -0.3 is 5.11 Å². The molecule has 0 heterocycles. The van der Waals surface area contributed by atoms with Crippen LogP contribution in [0.5, 0.6) is 0 Å². The molecular weight excluding hydrogens is 256 g/mol. The average molecular weight is 280 g/mol. The van der Waals surface area contributed by atoms with Crippen molar-refractivity contribution < 1.29 is 5.11 Å². The van der Waals surface area contributed by atoms with Gasteiger partial charge in [0.2, 0.25) is 0 Å². The summed E-state index contributed by atoms with van der Waals surface area (Å²) in [6.07, 6.45) is 2.94. The van der Waals surface area contributed by atoms with Crippen LogP contribution in [0.25, 0.3) is 0 Å². The first-order valence-corrected chi connectivity index (χ1v) is 7.86. The fraction of sp³-hybridized carbons (Fsp3) is 0.400. The van der Waals surface area contributed by atoms with Crippen molar-refractivity contribution in [1.82, 2.24) is 0 Å². The van der Waals surface area contributed by atoms with Crippen LogP contribution in [-0.2, 0) is 5.41 Å². The summed E-state index contributed by atoms with van der Waals surface area (Å²) in [5.74, 6) is 0. The molecule has 0 aliphatic heterocycles. The molecule has 0 bridgehead atoms. The van der Waals surface area contributed by atoms with Crippen molar-refractivity contribution >= 4 is 0 Å². The van der Waals surface area contributed by atoms with Gasteiger partial charge in [0.15, 0.2) is 0 Å². The highest BCUT2D eigenvalue weighted by atomic mass is 16.3. The SMILES string of the molecule is Cc1cc(C)c(C(O)C2(c3ccccc3)CCC2)cc1C. The first-order valence-electron chi connectivity index (χ1n) is 7.86. The number of aryl methyl sites for hydroxylation is 3. The van der Waals surface area contributed by atoms with Crippen LogP contribution in [0, 0.1) is 20.8 Å². The first-order chi connectivity index (χ1) is 10.0. The molecular formula is C20H24O. The van der Waals surface area contributed by atoms with Crippen LogP contribution < -0.4 is 0 Å². The number of aliphatic hydroxyl groups excluding tert-OH is 1. The molecule has 1 N–H and O–H groups in total. The van der Waals surface area contributed by atoms with Crippen molar-refractivity contribution in [3.8, 4) is 0 Å². The molecule has 1 fully saturated rings. The lowest BCUT2D eigenvalue weighted by Crippen LogP contribution is -2.40. The molecule has 21 heavy (non-hydrogen) atoms. The minimum absolute atomic E-state index is 0.0896. The molecule has 2 aromatic rings. The second kappa shape index (κ2) is 5.31. The summed E-state index contributed by atoms with van der Waals surface area (Å²) in [7, 11) is 0. The van der Waals surface area contributed by atoms with E-state index in [0.717, 1.165) is 18.4 Å². The first kappa shape index (κ1) is 14.3. The van der Waals surface area contributed by atoms with Gasteiger partial charge in [-0.25, -0.2) is 0 Å². The van der Waals surface area contributed by atoms with Gasteiger partial charge in [-0.1, -0.05) is 48.9 Å². The minimum atomic E-state index is -0.409. The van der Waals surface area contributed by atoms with E-state index in [0.29, 0.717) is 0 Å². The summed E-state index contributed by atoms with van der Waals surface area (Å²) in [5.41, 5.74) is 6.05. The van der Waals surface area contributed by atoms with Crippen LogP contribution in [0.3, 0.4) is 0 Å². The predicted octanol–water partition coefficient (Wildman–Crippen LogP) is 4.77. The highest BCUT2D eigenvalue weighted by Crippen LogP contribution is 2.52. The molecule has 0 amide bonds. The van der Waals surface area contributed by atoms with Crippen LogP contribution in [0.2, 0.25) is 0 Å². The summed E-state index contributed by atoms with van der Waals surface area (Å²) in [6.45, 7) is 6.37. The van der Waals surface area contributed by atoms with E-state index in [1.807, 2.05) is 6.07 Å². The largest absolute Gasteiger partial charge is 0.387 e. The molecule has 2 aromatic carbocycles. The van der Waals surface area contributed by atoms with Gasteiger partial charge in [0, 0.05) is 5.41 Å². The fourth-order valence-electron chi connectivity index (χ4n) is 3.62. The second-order valence-corrected chi connectivity index (χ2v) is 6.57. The monoisotopic (exact) mass is 280 g/mol. The highest BCUT2D eigenvalue weighted by Gasteiger charge is 2.45. The Morgan fingerprint density at radius 2 is 1.52 bits per heavy atom. The van der Waals surface area contributed by atoms with Gasteiger partial charge in [0.25, 0.3) is 0 Å². The van der Waals surface area contributed by atoms with E-state index in [-0.39, 0.29) is 5.41 Å². The molecule has 1 saturated carbocycles. The third-order valence-electron chi connectivity index (χ3n) is 5.29. The zero-order valence-electron chi connectivity index (χ0n) is 13.2. The molecule has 0 aromatic heterocycles. The predicted molar refractivity (Wildman–Crippen MR) is 87.6 cm³/mol. The molecule has 0 spiro atoms. The lowest BCUT2D eigenvalue weighted by Gasteiger charge is -2.46. The van der Waals surface area contributed by atoms with Crippen molar-refractivity contribution in [3.63, 3.8) is 0 Å². The van der Waals surface area contributed by atoms with Crippen molar-refractivity contribution in [2.45, 2.75) is 51.6 Å². The molecule has 1 heteroatoms. The quantitative estimate of drug-likeness (QED) is 0.859. The fourth-order valence-corrected chi connectivity index (χ4v) is 3.62. The molecule has 110 valence electrons. The number of benzene rings is 2. The van der Waals surface area contributed by atoms with Crippen LogP contribution in [0.15, 0.2) is 42.5 Å². The Kier molecular flexibility index (Phi) is 3.62. The average Bonchev–Trinajstić information content (AvgIpc) is 2.43. The maximum Gasteiger partial charge on any atom is 0.0889 e. The van der Waals surface area contributed by atoms with Gasteiger partial charge in [0.05, 0.1) is 6.10 Å². The van der Waals surface area contributed by atoms with Gasteiger partial charge in [-0.2, -0.15) is 0 Å². The van der Waals surface area contributed by atoms with Crippen LogP contribution in [-0.4, -0.2) is 5.11 Å². The van der Waals surface area contributed by atoms with Gasteiger partial charge >= 0.3 is 0 Å². The molecule has 3 rings (SSSR count). The third kappa shape index (κ3) is 2.30. The van der Waals surface area contributed by atoms with E-state index >= 15 is 0 Å². The van der Waals surface area contributed by atoms with Crippen LogP contribution >= 0.6 is 0 Å². The maximum absolute atomic E-state index is 11.1. The summed E-state index contributed by atoms with van der Waals surface area (Å²) in [5, 5.41) is 11.1. The van der Waals surface area contributed by atoms with E-state index in [4.69, 9.17) is 0 Å². The Balaban J connectivity index is 2.04. The van der Waals surface area contributed by atoms with Gasteiger partial charge in [-0.15, -0.1) is 0 Å². The highest BCUT2D eigenvalue weighted by molar-refractivity contribution is 5.42. The molecule has 0 saturated heterocycles. The van der Waals surface area contributed by atoms with E-state index in [2.05, 4.69) is 57.2 Å². The number of rotatable bonds is 3. The Bertz CT molecular complexity index is 638. The summed E-state index contributed by atoms with van der Waals surface area (Å²) in [6, 6.07) is 14.9. The maximum atomic E-state index is 11.1. The van der Waals surface area contributed by atoms with Crippen molar-refractivity contribution in [1.29, 1.82) is 0 Å². The second-order valence-electron chi connectivity index (χ2n) is 6.57. The molecule has 1 nitrogen and oxygen atoms in total. The molecule has 1 aliphatic rings.